The molecule has 0 amide bonds. The van der Waals surface area contributed by atoms with Crippen LogP contribution >= 0.6 is 34.9 Å². The van der Waals surface area contributed by atoms with Crippen LogP contribution in [-0.4, -0.2) is 3.79 Å². The number of halogens is 2. The van der Waals surface area contributed by atoms with E-state index in [-0.39, 0.29) is 0 Å². The normalized spacial score (nSPS) is 10.7. The Balaban J connectivity index is 2.54. The van der Waals surface area contributed by atoms with Crippen molar-refractivity contribution in [2.24, 2.45) is 0 Å². The van der Waals surface area contributed by atoms with Gasteiger partial charge < -0.3 is 0 Å². The van der Waals surface area contributed by atoms with Gasteiger partial charge in [0.15, 0.2) is 5.52 Å². The third-order valence-corrected chi connectivity index (χ3v) is 4.97. The molecular formula is C17H15Cl2N2S+. The quantitative estimate of drug-likeness (QED) is 0.549. The van der Waals surface area contributed by atoms with Crippen molar-refractivity contribution in [3.63, 3.8) is 0 Å². The maximum absolute atomic E-state index is 6.38. The maximum atomic E-state index is 6.38. The minimum Gasteiger partial charge on any atom is -0.179 e. The van der Waals surface area contributed by atoms with Crippen LogP contribution in [0.25, 0.3) is 16.6 Å². The number of aryl methyl sites for hydroxylation is 2. The molecule has 0 unspecified atom stereocenters. The first-order chi connectivity index (χ1) is 10.6. The molecule has 5 heteroatoms. The molecule has 1 N–H and O–H groups in total. The van der Waals surface area contributed by atoms with Crippen LogP contribution in [0.5, 0.6) is 0 Å². The third kappa shape index (κ3) is 2.98. The second kappa shape index (κ2) is 6.29. The number of fused-ring (bicyclic) bond motifs is 1. The lowest BCUT2D eigenvalue weighted by Gasteiger charge is -2.01. The highest BCUT2D eigenvalue weighted by molar-refractivity contribution is 6.95. The van der Waals surface area contributed by atoms with Gasteiger partial charge in [-0.05, 0) is 54.2 Å². The Bertz CT molecular complexity index is 881. The first kappa shape index (κ1) is 15.3. The van der Waals surface area contributed by atoms with Crippen LogP contribution < -0.4 is 4.37 Å². The fourth-order valence-corrected chi connectivity index (χ4v) is 3.82. The summed E-state index contributed by atoms with van der Waals surface area (Å²) in [6.45, 7) is 4.10. The van der Waals surface area contributed by atoms with E-state index in [0.717, 1.165) is 27.8 Å². The predicted octanol–water partition coefficient (Wildman–Crippen LogP) is 5.53. The van der Waals surface area contributed by atoms with Gasteiger partial charge in [0.2, 0.25) is 22.0 Å². The van der Waals surface area contributed by atoms with Crippen LogP contribution in [0.2, 0.25) is 10.3 Å². The van der Waals surface area contributed by atoms with Gasteiger partial charge in [-0.1, -0.05) is 30.3 Å². The molecule has 0 bridgehead atoms. The molecule has 0 fully saturated rings. The molecule has 3 aromatic rings. The summed E-state index contributed by atoms with van der Waals surface area (Å²) in [6.07, 6.45) is 0. The molecule has 1 aromatic carbocycles. The minimum atomic E-state index is 0.571. The van der Waals surface area contributed by atoms with Gasteiger partial charge in [0.1, 0.15) is 0 Å². The van der Waals surface area contributed by atoms with Crippen LogP contribution in [0.4, 0.5) is 0 Å². The number of nitrogens with one attached hydrogen (secondary N) is 1. The fraction of sp³-hybridized carbons (Fsp3) is 0.118. The van der Waals surface area contributed by atoms with Crippen LogP contribution in [0.1, 0.15) is 11.1 Å². The van der Waals surface area contributed by atoms with E-state index in [2.05, 4.69) is 29.5 Å². The number of benzene rings is 1. The van der Waals surface area contributed by atoms with E-state index >= 15 is 0 Å². The van der Waals surface area contributed by atoms with Gasteiger partial charge in [-0.15, -0.1) is 3.79 Å². The van der Waals surface area contributed by atoms with Gasteiger partial charge in [-0.3, -0.25) is 0 Å². The van der Waals surface area contributed by atoms with Gasteiger partial charge in [0.25, 0.3) is 0 Å². The van der Waals surface area contributed by atoms with Gasteiger partial charge >= 0.3 is 0 Å². The molecule has 0 spiro atoms. The first-order valence-corrected chi connectivity index (χ1v) is 8.38. The van der Waals surface area contributed by atoms with Crippen LogP contribution in [-0.2, 0) is 0 Å². The van der Waals surface area contributed by atoms with Crippen molar-refractivity contribution in [3.05, 3.63) is 70.0 Å². The Morgan fingerprint density at radius 1 is 1.00 bits per heavy atom. The van der Waals surface area contributed by atoms with Crippen LogP contribution in [0.3, 0.4) is 0 Å². The highest BCUT2D eigenvalue weighted by Gasteiger charge is 2.15. The summed E-state index contributed by atoms with van der Waals surface area (Å²) in [5, 5.41) is 1.23. The molecule has 0 aliphatic heterocycles. The average molecular weight is 350 g/mol. The second-order valence-electron chi connectivity index (χ2n) is 5.15. The summed E-state index contributed by atoms with van der Waals surface area (Å²) < 4.78 is 5.07. The largest absolute Gasteiger partial charge is 0.235 e. The summed E-state index contributed by atoms with van der Waals surface area (Å²) in [5.74, 6) is 0. The second-order valence-corrected chi connectivity index (χ2v) is 6.69. The van der Waals surface area contributed by atoms with E-state index in [9.17, 15) is 0 Å². The highest BCUT2D eigenvalue weighted by atomic mass is 35.5. The number of hydrogen-bond acceptors (Lipinski definition) is 1. The molecule has 3 rings (SSSR count). The topological polar surface area (TPSA) is 18.6 Å². The summed E-state index contributed by atoms with van der Waals surface area (Å²) in [5.41, 5.74) is 5.54. The Labute approximate surface area is 143 Å². The first-order valence-electron chi connectivity index (χ1n) is 6.85. The zero-order chi connectivity index (χ0) is 15.7. The predicted molar refractivity (Wildman–Crippen MR) is 94.4 cm³/mol. The van der Waals surface area contributed by atoms with Crippen LogP contribution in [0, 0.1) is 13.8 Å². The SMILES string of the molecule is Cc1cc(Cl)[nH+]sn2c(Cl)cc(C)c2c(-c2ccccc2)c1. The fourth-order valence-electron chi connectivity index (χ4n) is 2.48. The molecule has 2 aromatic heterocycles. The average Bonchev–Trinajstić information content (AvgIpc) is 2.79. The number of H-pyrrole nitrogens is 1. The van der Waals surface area contributed by atoms with Crippen molar-refractivity contribution in [3.8, 4) is 11.1 Å². The lowest BCUT2D eigenvalue weighted by atomic mass is 10.0. The van der Waals surface area contributed by atoms with E-state index in [1.807, 2.05) is 41.0 Å². The number of nitrogens with zero attached hydrogens (tertiary/aromatic N) is 1. The Morgan fingerprint density at radius 3 is 2.45 bits per heavy atom. The monoisotopic (exact) mass is 349 g/mol. The summed E-state index contributed by atoms with van der Waals surface area (Å²) in [7, 11) is 0. The molecule has 112 valence electrons. The number of rotatable bonds is 1. The zero-order valence-corrected chi connectivity index (χ0v) is 14.6. The summed E-state index contributed by atoms with van der Waals surface area (Å²) >= 11 is 14.0. The summed E-state index contributed by atoms with van der Waals surface area (Å²) in [4.78, 5) is 0. The minimum absolute atomic E-state index is 0.571. The van der Waals surface area contributed by atoms with E-state index in [0.29, 0.717) is 10.3 Å². The van der Waals surface area contributed by atoms with Crippen molar-refractivity contribution >= 4 is 40.4 Å². The van der Waals surface area contributed by atoms with E-state index in [1.165, 1.54) is 11.7 Å². The van der Waals surface area contributed by atoms with Crippen molar-refractivity contribution in [1.82, 2.24) is 3.79 Å². The number of aromatic nitrogens is 2. The number of hydrogen-bond donors (Lipinski definition) is 0. The molecule has 0 atom stereocenters. The molecule has 0 aliphatic rings. The number of aromatic amines is 1. The van der Waals surface area contributed by atoms with E-state index in [1.54, 1.807) is 0 Å². The molecule has 0 saturated carbocycles. The molecule has 2 nitrogen and oxygen atoms in total. The Hall–Kier alpha value is -1.55. The standard InChI is InChI=1S/C17H14Cl2N2S/c1-11-8-14(13-6-4-3-5-7-13)17-12(2)10-16(19)21(17)22-20-15(18)9-11/h3-10H,1-2H3/p+1. The molecule has 0 radical (unpaired) electrons. The molecule has 2 heterocycles. The Kier molecular flexibility index (Phi) is 4.39. The van der Waals surface area contributed by atoms with E-state index < -0.39 is 0 Å². The third-order valence-electron chi connectivity index (χ3n) is 3.41. The Morgan fingerprint density at radius 2 is 1.73 bits per heavy atom. The zero-order valence-electron chi connectivity index (χ0n) is 12.2. The molecule has 22 heavy (non-hydrogen) atoms. The van der Waals surface area contributed by atoms with E-state index in [4.69, 9.17) is 23.2 Å². The van der Waals surface area contributed by atoms with Gasteiger partial charge in [0.05, 0.1) is 0 Å². The smallest absolute Gasteiger partial charge is 0.179 e. The van der Waals surface area contributed by atoms with Crippen molar-refractivity contribution < 1.29 is 4.37 Å². The molecular weight excluding hydrogens is 335 g/mol. The molecule has 0 saturated heterocycles. The van der Waals surface area contributed by atoms with Crippen LogP contribution in [0.15, 0.2) is 48.5 Å². The summed E-state index contributed by atoms with van der Waals surface area (Å²) in [6, 6.07) is 16.3. The lowest BCUT2D eigenvalue weighted by molar-refractivity contribution is -0.290. The van der Waals surface area contributed by atoms with Crippen molar-refractivity contribution in [2.75, 3.05) is 0 Å². The molecule has 0 aliphatic carbocycles. The van der Waals surface area contributed by atoms with Crippen molar-refractivity contribution in [1.29, 1.82) is 0 Å². The maximum Gasteiger partial charge on any atom is 0.235 e. The van der Waals surface area contributed by atoms with Crippen molar-refractivity contribution in [2.45, 2.75) is 13.8 Å². The highest BCUT2D eigenvalue weighted by Crippen LogP contribution is 2.30. The van der Waals surface area contributed by atoms with Gasteiger partial charge in [-0.2, -0.15) is 4.37 Å². The van der Waals surface area contributed by atoms with Gasteiger partial charge in [-0.25, -0.2) is 0 Å². The lowest BCUT2D eigenvalue weighted by Crippen LogP contribution is -1.96. The van der Waals surface area contributed by atoms with Gasteiger partial charge in [0, 0.05) is 23.3 Å².